The summed E-state index contributed by atoms with van der Waals surface area (Å²) in [6, 6.07) is 14.6. The van der Waals surface area contributed by atoms with Gasteiger partial charge >= 0.3 is 0 Å². The third-order valence-electron chi connectivity index (χ3n) is 4.56. The van der Waals surface area contributed by atoms with Crippen LogP contribution in [0.1, 0.15) is 12.8 Å². The van der Waals surface area contributed by atoms with E-state index in [0.29, 0.717) is 22.9 Å². The van der Waals surface area contributed by atoms with Gasteiger partial charge in [0.1, 0.15) is 0 Å². The number of benzene rings is 1. The molecule has 1 aromatic carbocycles. The van der Waals surface area contributed by atoms with Crippen molar-refractivity contribution in [2.24, 2.45) is 0 Å². The van der Waals surface area contributed by atoms with Gasteiger partial charge in [-0.2, -0.15) is 9.61 Å². The zero-order chi connectivity index (χ0) is 19.1. The van der Waals surface area contributed by atoms with E-state index in [-0.39, 0.29) is 5.25 Å². The molecule has 4 aromatic rings. The van der Waals surface area contributed by atoms with Crippen molar-refractivity contribution < 1.29 is 8.42 Å². The Labute approximate surface area is 161 Å². The van der Waals surface area contributed by atoms with Crippen molar-refractivity contribution >= 4 is 21.4 Å². The average Bonchev–Trinajstić information content (AvgIpc) is 3.49. The normalized spacial score (nSPS) is 14.3. The molecule has 1 N–H and O–H groups in total. The van der Waals surface area contributed by atoms with E-state index in [2.05, 4.69) is 25.0 Å². The van der Waals surface area contributed by atoms with Gasteiger partial charge in [0.05, 0.1) is 10.9 Å². The van der Waals surface area contributed by atoms with E-state index in [9.17, 15) is 8.42 Å². The minimum atomic E-state index is -3.31. The zero-order valence-electron chi connectivity index (χ0n) is 14.7. The predicted molar refractivity (Wildman–Crippen MR) is 105 cm³/mol. The van der Waals surface area contributed by atoms with Crippen LogP contribution in [0.2, 0.25) is 0 Å². The zero-order valence-corrected chi connectivity index (χ0v) is 15.5. The largest absolute Gasteiger partial charge is 0.283 e. The second-order valence-electron chi connectivity index (χ2n) is 6.68. The molecule has 1 fully saturated rings. The fourth-order valence-electron chi connectivity index (χ4n) is 2.99. The first kappa shape index (κ1) is 16.8. The number of sulfonamides is 1. The number of hydrogen-bond acceptors (Lipinski definition) is 6. The third-order valence-corrected chi connectivity index (χ3v) is 6.43. The van der Waals surface area contributed by atoms with Gasteiger partial charge in [-0.3, -0.25) is 9.71 Å². The van der Waals surface area contributed by atoms with Crippen LogP contribution < -0.4 is 4.72 Å². The SMILES string of the molecule is O=S(=O)(Nc1cccc(-c2ccc3nnc(-c4cccnc4)n3n2)c1)C1CC1. The monoisotopic (exact) mass is 392 g/mol. The third kappa shape index (κ3) is 3.09. The molecule has 0 atom stereocenters. The highest BCUT2D eigenvalue weighted by Gasteiger charge is 2.35. The summed E-state index contributed by atoms with van der Waals surface area (Å²) in [4.78, 5) is 4.12. The van der Waals surface area contributed by atoms with Crippen molar-refractivity contribution in [3.05, 3.63) is 60.9 Å². The Morgan fingerprint density at radius 1 is 1.00 bits per heavy atom. The highest BCUT2D eigenvalue weighted by Crippen LogP contribution is 2.30. The predicted octanol–water partition coefficient (Wildman–Crippen LogP) is 2.76. The summed E-state index contributed by atoms with van der Waals surface area (Å²) in [6.45, 7) is 0. The fraction of sp³-hybridized carbons (Fsp3) is 0.158. The summed E-state index contributed by atoms with van der Waals surface area (Å²) in [5, 5.41) is 12.7. The van der Waals surface area contributed by atoms with Gasteiger partial charge in [-0.1, -0.05) is 12.1 Å². The van der Waals surface area contributed by atoms with E-state index in [4.69, 9.17) is 0 Å². The molecule has 0 bridgehead atoms. The van der Waals surface area contributed by atoms with Crippen molar-refractivity contribution in [3.63, 3.8) is 0 Å². The Kier molecular flexibility index (Phi) is 3.83. The Balaban J connectivity index is 1.54. The van der Waals surface area contributed by atoms with Crippen LogP contribution in [-0.2, 0) is 10.0 Å². The van der Waals surface area contributed by atoms with E-state index in [1.54, 1.807) is 35.1 Å². The first-order chi connectivity index (χ1) is 13.6. The highest BCUT2D eigenvalue weighted by atomic mass is 32.2. The van der Waals surface area contributed by atoms with Gasteiger partial charge in [0, 0.05) is 29.2 Å². The van der Waals surface area contributed by atoms with E-state index in [0.717, 1.165) is 24.0 Å². The molecule has 8 nitrogen and oxygen atoms in total. The molecule has 0 saturated heterocycles. The molecule has 0 radical (unpaired) electrons. The minimum absolute atomic E-state index is 0.273. The second kappa shape index (κ2) is 6.38. The van der Waals surface area contributed by atoms with Crippen LogP contribution in [0.4, 0.5) is 5.69 Å². The molecule has 3 heterocycles. The van der Waals surface area contributed by atoms with E-state index in [1.807, 2.05) is 30.3 Å². The average molecular weight is 392 g/mol. The Morgan fingerprint density at radius 2 is 1.86 bits per heavy atom. The fourth-order valence-corrected chi connectivity index (χ4v) is 4.36. The minimum Gasteiger partial charge on any atom is -0.283 e. The van der Waals surface area contributed by atoms with Crippen LogP contribution in [0.3, 0.4) is 0 Å². The Hall–Kier alpha value is -3.33. The molecule has 5 rings (SSSR count). The number of hydrogen-bond donors (Lipinski definition) is 1. The summed E-state index contributed by atoms with van der Waals surface area (Å²) in [7, 11) is -3.31. The molecule has 0 spiro atoms. The molecule has 0 unspecified atom stereocenters. The van der Waals surface area contributed by atoms with Crippen molar-refractivity contribution in [2.45, 2.75) is 18.1 Å². The number of pyridine rings is 1. The lowest BCUT2D eigenvalue weighted by molar-refractivity contribution is 0.600. The smallest absolute Gasteiger partial charge is 0.235 e. The first-order valence-electron chi connectivity index (χ1n) is 8.85. The Bertz CT molecular complexity index is 1270. The van der Waals surface area contributed by atoms with E-state index in [1.165, 1.54) is 0 Å². The maximum Gasteiger partial charge on any atom is 0.235 e. The van der Waals surface area contributed by atoms with Crippen molar-refractivity contribution in [2.75, 3.05) is 4.72 Å². The standard InChI is InChI=1S/C19H16N6O2S/c26-28(27,16-6-7-16)24-15-5-1-3-13(11-15)17-8-9-18-21-22-19(25(18)23-17)14-4-2-10-20-12-14/h1-5,8-12,16,24H,6-7H2. The number of aromatic nitrogens is 5. The lowest BCUT2D eigenvalue weighted by atomic mass is 10.1. The number of anilines is 1. The molecule has 1 aliphatic carbocycles. The van der Waals surface area contributed by atoms with Crippen LogP contribution >= 0.6 is 0 Å². The van der Waals surface area contributed by atoms with Gasteiger partial charge in [-0.15, -0.1) is 10.2 Å². The van der Waals surface area contributed by atoms with Gasteiger partial charge in [-0.05, 0) is 49.2 Å². The van der Waals surface area contributed by atoms with Crippen LogP contribution in [-0.4, -0.2) is 38.5 Å². The summed E-state index contributed by atoms with van der Waals surface area (Å²) in [5.41, 5.74) is 3.44. The number of nitrogens with one attached hydrogen (secondary N) is 1. The molecular formula is C19H16N6O2S. The lowest BCUT2D eigenvalue weighted by Gasteiger charge is -2.09. The molecule has 3 aromatic heterocycles. The van der Waals surface area contributed by atoms with Crippen molar-refractivity contribution in [3.8, 4) is 22.6 Å². The number of nitrogens with zero attached hydrogens (tertiary/aromatic N) is 5. The first-order valence-corrected chi connectivity index (χ1v) is 10.4. The molecule has 9 heteroatoms. The number of rotatable bonds is 5. The summed E-state index contributed by atoms with van der Waals surface area (Å²) < 4.78 is 28.7. The van der Waals surface area contributed by atoms with Crippen LogP contribution in [0.25, 0.3) is 28.3 Å². The second-order valence-corrected chi connectivity index (χ2v) is 8.64. The van der Waals surface area contributed by atoms with E-state index < -0.39 is 10.0 Å². The molecule has 1 saturated carbocycles. The van der Waals surface area contributed by atoms with Gasteiger partial charge in [-0.25, -0.2) is 8.42 Å². The van der Waals surface area contributed by atoms with Crippen molar-refractivity contribution in [1.29, 1.82) is 0 Å². The summed E-state index contributed by atoms with van der Waals surface area (Å²) in [5.74, 6) is 0.593. The highest BCUT2D eigenvalue weighted by molar-refractivity contribution is 7.93. The molecule has 0 aliphatic heterocycles. The van der Waals surface area contributed by atoms with Crippen molar-refractivity contribution in [1.82, 2.24) is 24.8 Å². The number of fused-ring (bicyclic) bond motifs is 1. The molecule has 1 aliphatic rings. The van der Waals surface area contributed by atoms with Gasteiger partial charge < -0.3 is 0 Å². The van der Waals surface area contributed by atoms with Gasteiger partial charge in [0.25, 0.3) is 0 Å². The molecule has 0 amide bonds. The maximum atomic E-state index is 12.2. The van der Waals surface area contributed by atoms with E-state index >= 15 is 0 Å². The molecular weight excluding hydrogens is 376 g/mol. The summed E-state index contributed by atoms with van der Waals surface area (Å²) in [6.07, 6.45) is 4.84. The van der Waals surface area contributed by atoms with Gasteiger partial charge in [0.15, 0.2) is 11.5 Å². The van der Waals surface area contributed by atoms with Gasteiger partial charge in [0.2, 0.25) is 10.0 Å². The Morgan fingerprint density at radius 3 is 2.64 bits per heavy atom. The van der Waals surface area contributed by atoms with Crippen LogP contribution in [0, 0.1) is 0 Å². The molecule has 28 heavy (non-hydrogen) atoms. The topological polar surface area (TPSA) is 102 Å². The quantitative estimate of drug-likeness (QED) is 0.560. The maximum absolute atomic E-state index is 12.2. The molecule has 140 valence electrons. The van der Waals surface area contributed by atoms with Crippen LogP contribution in [0.5, 0.6) is 0 Å². The van der Waals surface area contributed by atoms with Crippen LogP contribution in [0.15, 0.2) is 60.9 Å². The lowest BCUT2D eigenvalue weighted by Crippen LogP contribution is -2.17. The summed E-state index contributed by atoms with van der Waals surface area (Å²) >= 11 is 0.